The van der Waals surface area contributed by atoms with Gasteiger partial charge in [0.05, 0.1) is 18.2 Å². The van der Waals surface area contributed by atoms with E-state index in [1.807, 2.05) is 6.07 Å². The summed E-state index contributed by atoms with van der Waals surface area (Å²) in [5.41, 5.74) is 4.96. The minimum absolute atomic E-state index is 0.383. The summed E-state index contributed by atoms with van der Waals surface area (Å²) in [6.45, 7) is 11.8. The normalized spacial score (nSPS) is 17.9. The third-order valence-electron chi connectivity index (χ3n) is 4.74. The summed E-state index contributed by atoms with van der Waals surface area (Å²) >= 11 is 10.5. The number of nitriles is 1. The maximum atomic E-state index is 8.88. The number of rotatable bonds is 6. The van der Waals surface area contributed by atoms with E-state index in [2.05, 4.69) is 54.3 Å². The summed E-state index contributed by atoms with van der Waals surface area (Å²) in [5, 5.41) is 8.88. The van der Waals surface area contributed by atoms with Crippen LogP contribution >= 0.6 is 24.4 Å². The molecule has 132 valence electrons. The van der Waals surface area contributed by atoms with Crippen molar-refractivity contribution in [3.8, 4) is 6.07 Å². The van der Waals surface area contributed by atoms with Crippen LogP contribution in [0.3, 0.4) is 0 Å². The Morgan fingerprint density at radius 1 is 1.56 bits per heavy atom. The highest BCUT2D eigenvalue weighted by Gasteiger charge is 2.23. The first kappa shape index (κ1) is 19.6. The first-order valence-electron chi connectivity index (χ1n) is 8.44. The van der Waals surface area contributed by atoms with Crippen molar-refractivity contribution in [2.45, 2.75) is 37.5 Å². The second-order valence-electron chi connectivity index (χ2n) is 6.52. The van der Waals surface area contributed by atoms with Gasteiger partial charge in [-0.1, -0.05) is 25.3 Å². The Balaban J connectivity index is 2.15. The van der Waals surface area contributed by atoms with Gasteiger partial charge in [0.25, 0.3) is 0 Å². The van der Waals surface area contributed by atoms with Gasteiger partial charge in [0.2, 0.25) is 0 Å². The van der Waals surface area contributed by atoms with Gasteiger partial charge >= 0.3 is 0 Å². The van der Waals surface area contributed by atoms with E-state index in [1.54, 1.807) is 6.08 Å². The van der Waals surface area contributed by atoms with Gasteiger partial charge < -0.3 is 4.90 Å². The van der Waals surface area contributed by atoms with Crippen LogP contribution in [0, 0.1) is 24.2 Å². The van der Waals surface area contributed by atoms with E-state index in [4.69, 9.17) is 17.0 Å². The fourth-order valence-corrected chi connectivity index (χ4v) is 3.82. The number of allylic oxidation sites excluding steroid dienone is 1. The quantitative estimate of drug-likeness (QED) is 0.535. The Morgan fingerprint density at radius 3 is 2.96 bits per heavy atom. The molecule has 1 aliphatic rings. The molecule has 0 radical (unpaired) electrons. The third kappa shape index (κ3) is 4.90. The molecule has 0 N–H and O–H groups in total. The van der Waals surface area contributed by atoms with Crippen LogP contribution in [0.5, 0.6) is 0 Å². The van der Waals surface area contributed by atoms with Crippen molar-refractivity contribution in [1.29, 1.82) is 5.26 Å². The molecule has 1 saturated heterocycles. The smallest absolute Gasteiger partial charge is 0.0745 e. The SMILES string of the molecule is C=Cc1cc(C)c(C(CC2CCCN(C(=C)CC#N)C2)=NCl)cc1S. The molecule has 2 rings (SSSR count). The van der Waals surface area contributed by atoms with Crippen LogP contribution in [0.25, 0.3) is 6.08 Å². The van der Waals surface area contributed by atoms with Gasteiger partial charge in [0.1, 0.15) is 0 Å². The fourth-order valence-electron chi connectivity index (χ4n) is 3.38. The molecule has 5 heteroatoms. The van der Waals surface area contributed by atoms with Crippen molar-refractivity contribution in [2.24, 2.45) is 10.4 Å². The van der Waals surface area contributed by atoms with E-state index in [0.29, 0.717) is 12.3 Å². The number of likely N-dealkylation sites (tertiary alicyclic amines) is 1. The number of aryl methyl sites for hydroxylation is 1. The predicted molar refractivity (Wildman–Crippen MR) is 109 cm³/mol. The number of benzene rings is 1. The monoisotopic (exact) mass is 373 g/mol. The molecule has 0 spiro atoms. The Morgan fingerprint density at radius 2 is 2.32 bits per heavy atom. The van der Waals surface area contributed by atoms with Gasteiger partial charge in [0.15, 0.2) is 0 Å². The fraction of sp³-hybridized carbons (Fsp3) is 0.400. The van der Waals surface area contributed by atoms with Crippen LogP contribution in [0.1, 0.15) is 42.4 Å². The van der Waals surface area contributed by atoms with Crippen molar-refractivity contribution in [2.75, 3.05) is 13.1 Å². The van der Waals surface area contributed by atoms with Gasteiger partial charge in [-0.15, -0.1) is 12.6 Å². The molecule has 1 aromatic rings. The Labute approximate surface area is 161 Å². The number of nitrogens with zero attached hydrogens (tertiary/aromatic N) is 3. The molecule has 0 aromatic heterocycles. The molecule has 1 fully saturated rings. The molecule has 1 aromatic carbocycles. The van der Waals surface area contributed by atoms with Crippen LogP contribution in [0.2, 0.25) is 0 Å². The molecular formula is C20H24ClN3S. The highest BCUT2D eigenvalue weighted by molar-refractivity contribution is 7.80. The molecule has 0 aliphatic carbocycles. The molecule has 25 heavy (non-hydrogen) atoms. The molecule has 1 heterocycles. The zero-order chi connectivity index (χ0) is 18.4. The standard InChI is InChI=1S/C20H24ClN3S/c1-4-17-10-14(2)18(12-20(17)25)19(23-21)11-16-6-5-9-24(13-16)15(3)7-8-22/h4,10,12,16,25H,1,3,5-7,9,11,13H2,2H3. The van der Waals surface area contributed by atoms with E-state index < -0.39 is 0 Å². The molecule has 0 bridgehead atoms. The molecule has 0 saturated carbocycles. The lowest BCUT2D eigenvalue weighted by Gasteiger charge is -2.35. The molecule has 1 aliphatic heterocycles. The summed E-state index contributed by atoms with van der Waals surface area (Å²) in [7, 11) is 0. The summed E-state index contributed by atoms with van der Waals surface area (Å²) in [6, 6.07) is 6.26. The van der Waals surface area contributed by atoms with E-state index >= 15 is 0 Å². The lowest BCUT2D eigenvalue weighted by molar-refractivity contribution is 0.219. The first-order valence-corrected chi connectivity index (χ1v) is 9.22. The average Bonchev–Trinajstić information content (AvgIpc) is 2.62. The van der Waals surface area contributed by atoms with Gasteiger partial charge in [0, 0.05) is 41.0 Å². The number of piperidine rings is 1. The van der Waals surface area contributed by atoms with Crippen molar-refractivity contribution in [1.82, 2.24) is 4.90 Å². The van der Waals surface area contributed by atoms with Crippen molar-refractivity contribution in [3.05, 3.63) is 47.7 Å². The van der Waals surface area contributed by atoms with Crippen LogP contribution in [-0.2, 0) is 0 Å². The molecule has 1 atom stereocenters. The molecule has 3 nitrogen and oxygen atoms in total. The van der Waals surface area contributed by atoms with Crippen LogP contribution in [0.15, 0.2) is 40.4 Å². The molecule has 0 amide bonds. The zero-order valence-electron chi connectivity index (χ0n) is 14.6. The number of hydrogen-bond acceptors (Lipinski definition) is 4. The maximum absolute atomic E-state index is 8.88. The number of thiol groups is 1. The second-order valence-corrected chi connectivity index (χ2v) is 7.17. The molecular weight excluding hydrogens is 350 g/mol. The molecule has 1 unspecified atom stereocenters. The van der Waals surface area contributed by atoms with E-state index in [9.17, 15) is 0 Å². The first-order chi connectivity index (χ1) is 12.0. The van der Waals surface area contributed by atoms with E-state index in [-0.39, 0.29) is 0 Å². The number of hydrogen-bond donors (Lipinski definition) is 1. The Hall–Kier alpha value is -1.70. The predicted octanol–water partition coefficient (Wildman–Crippen LogP) is 5.40. The van der Waals surface area contributed by atoms with Gasteiger partial charge in [-0.2, -0.15) is 9.77 Å². The largest absolute Gasteiger partial charge is 0.374 e. The number of halogens is 1. The van der Waals surface area contributed by atoms with Gasteiger partial charge in [-0.3, -0.25) is 0 Å². The minimum Gasteiger partial charge on any atom is -0.374 e. The Kier molecular flexibility index (Phi) is 7.16. The Bertz CT molecular complexity index is 733. The summed E-state index contributed by atoms with van der Waals surface area (Å²) in [5.74, 6) is 0.448. The van der Waals surface area contributed by atoms with E-state index in [1.165, 1.54) is 0 Å². The lowest BCUT2D eigenvalue weighted by Crippen LogP contribution is -2.35. The van der Waals surface area contributed by atoms with Crippen LogP contribution in [0.4, 0.5) is 0 Å². The van der Waals surface area contributed by atoms with E-state index in [0.717, 1.165) is 65.3 Å². The zero-order valence-corrected chi connectivity index (χ0v) is 16.3. The minimum atomic E-state index is 0.383. The highest BCUT2D eigenvalue weighted by Crippen LogP contribution is 2.28. The summed E-state index contributed by atoms with van der Waals surface area (Å²) in [4.78, 5) is 3.10. The van der Waals surface area contributed by atoms with Crippen molar-refractivity contribution < 1.29 is 0 Å². The lowest BCUT2D eigenvalue weighted by atomic mass is 9.88. The highest BCUT2D eigenvalue weighted by atomic mass is 35.5. The van der Waals surface area contributed by atoms with Crippen LogP contribution in [-0.4, -0.2) is 23.7 Å². The topological polar surface area (TPSA) is 39.4 Å². The third-order valence-corrected chi connectivity index (χ3v) is 5.33. The summed E-state index contributed by atoms with van der Waals surface area (Å²) < 4.78 is 4.05. The maximum Gasteiger partial charge on any atom is 0.0745 e. The van der Waals surface area contributed by atoms with Crippen LogP contribution < -0.4 is 0 Å². The van der Waals surface area contributed by atoms with Crippen molar-refractivity contribution >= 4 is 36.2 Å². The average molecular weight is 374 g/mol. The second kappa shape index (κ2) is 9.12. The van der Waals surface area contributed by atoms with Gasteiger partial charge in [-0.05, 0) is 49.3 Å². The summed E-state index contributed by atoms with van der Waals surface area (Å²) in [6.07, 6.45) is 5.22. The van der Waals surface area contributed by atoms with Gasteiger partial charge in [-0.25, -0.2) is 0 Å². The van der Waals surface area contributed by atoms with Crippen molar-refractivity contribution in [3.63, 3.8) is 0 Å².